The summed E-state index contributed by atoms with van der Waals surface area (Å²) in [6.45, 7) is 0. The summed E-state index contributed by atoms with van der Waals surface area (Å²) >= 11 is 7.36. The van der Waals surface area contributed by atoms with E-state index in [-0.39, 0.29) is 18.2 Å². The Balaban J connectivity index is 0.00000200. The second-order valence-electron chi connectivity index (χ2n) is 3.73. The minimum Gasteiger partial charge on any atom is -0.406 e. The molecule has 0 amide bonds. The van der Waals surface area contributed by atoms with E-state index in [4.69, 9.17) is 17.3 Å². The Bertz CT molecular complexity index is 557. The fraction of sp³-hybridized carbons (Fsp3) is 0.167. The fourth-order valence-electron chi connectivity index (χ4n) is 1.56. The van der Waals surface area contributed by atoms with Gasteiger partial charge in [0.15, 0.2) is 0 Å². The number of nitrogens with two attached hydrogens (primary N) is 1. The smallest absolute Gasteiger partial charge is 0.406 e. The lowest BCUT2D eigenvalue weighted by Gasteiger charge is -2.13. The van der Waals surface area contributed by atoms with Crippen LogP contribution >= 0.6 is 35.3 Å². The van der Waals surface area contributed by atoms with Gasteiger partial charge in [0.05, 0.1) is 11.1 Å². The van der Waals surface area contributed by atoms with Gasteiger partial charge in [0, 0.05) is 4.88 Å². The van der Waals surface area contributed by atoms with Crippen molar-refractivity contribution < 1.29 is 17.9 Å². The largest absolute Gasteiger partial charge is 0.573 e. The van der Waals surface area contributed by atoms with Gasteiger partial charge in [-0.15, -0.1) is 36.9 Å². The lowest BCUT2D eigenvalue weighted by Crippen LogP contribution is -2.17. The monoisotopic (exact) mass is 343 g/mol. The van der Waals surface area contributed by atoms with Crippen molar-refractivity contribution in [1.82, 2.24) is 0 Å². The second kappa shape index (κ2) is 6.67. The van der Waals surface area contributed by atoms with Crippen LogP contribution in [0.5, 0.6) is 5.75 Å². The van der Waals surface area contributed by atoms with Crippen molar-refractivity contribution in [2.45, 2.75) is 12.4 Å². The Morgan fingerprint density at radius 1 is 1.15 bits per heavy atom. The second-order valence-corrected chi connectivity index (χ2v) is 5.08. The van der Waals surface area contributed by atoms with Gasteiger partial charge in [0.1, 0.15) is 5.75 Å². The first-order chi connectivity index (χ1) is 8.87. The van der Waals surface area contributed by atoms with E-state index in [1.54, 1.807) is 11.4 Å². The SMILES string of the molecule is Cl.N[C@H](c1ccc(OC(F)(F)F)cc1)c1sccc1Cl. The number of benzene rings is 1. The van der Waals surface area contributed by atoms with E-state index in [9.17, 15) is 13.2 Å². The van der Waals surface area contributed by atoms with Crippen LogP contribution in [-0.2, 0) is 0 Å². The number of ether oxygens (including phenoxy) is 1. The van der Waals surface area contributed by atoms with Gasteiger partial charge in [-0.05, 0) is 29.1 Å². The predicted octanol–water partition coefficient (Wildman–Crippen LogP) is 4.77. The Morgan fingerprint density at radius 2 is 1.75 bits per heavy atom. The van der Waals surface area contributed by atoms with E-state index in [0.29, 0.717) is 10.6 Å². The van der Waals surface area contributed by atoms with Crippen LogP contribution in [0.2, 0.25) is 5.02 Å². The minimum atomic E-state index is -4.69. The van der Waals surface area contributed by atoms with Crippen LogP contribution in [0.15, 0.2) is 35.7 Å². The number of hydrogen-bond donors (Lipinski definition) is 1. The molecule has 20 heavy (non-hydrogen) atoms. The standard InChI is InChI=1S/C12H9ClF3NOS.ClH/c13-9-5-6-19-11(9)10(17)7-1-3-8(4-2-7)18-12(14,15)16;/h1-6,10H,17H2;1H/t10-;/m1./s1. The lowest BCUT2D eigenvalue weighted by molar-refractivity contribution is -0.274. The van der Waals surface area contributed by atoms with Gasteiger partial charge in [-0.25, -0.2) is 0 Å². The third-order valence-corrected chi connectivity index (χ3v) is 3.84. The molecule has 0 saturated carbocycles. The molecule has 1 aromatic carbocycles. The summed E-state index contributed by atoms with van der Waals surface area (Å²) in [6, 6.07) is 6.69. The maximum absolute atomic E-state index is 12.0. The quantitative estimate of drug-likeness (QED) is 0.871. The van der Waals surface area contributed by atoms with Gasteiger partial charge in [0.25, 0.3) is 0 Å². The van der Waals surface area contributed by atoms with Crippen LogP contribution in [0.4, 0.5) is 13.2 Å². The van der Waals surface area contributed by atoms with Crippen LogP contribution < -0.4 is 10.5 Å². The van der Waals surface area contributed by atoms with E-state index in [0.717, 1.165) is 4.88 Å². The Kier molecular flexibility index (Phi) is 5.70. The first-order valence-electron chi connectivity index (χ1n) is 5.21. The molecule has 2 N–H and O–H groups in total. The van der Waals surface area contributed by atoms with Gasteiger partial charge in [0.2, 0.25) is 0 Å². The summed E-state index contributed by atoms with van der Waals surface area (Å²) in [7, 11) is 0. The third-order valence-electron chi connectivity index (χ3n) is 2.40. The van der Waals surface area contributed by atoms with Crippen LogP contribution in [0.3, 0.4) is 0 Å². The molecule has 8 heteroatoms. The zero-order valence-corrected chi connectivity index (χ0v) is 12.2. The van der Waals surface area contributed by atoms with Crippen molar-refractivity contribution in [3.8, 4) is 5.75 Å². The summed E-state index contributed by atoms with van der Waals surface area (Å²) in [6.07, 6.45) is -4.69. The highest BCUT2D eigenvalue weighted by molar-refractivity contribution is 7.10. The summed E-state index contributed by atoms with van der Waals surface area (Å²) in [5, 5.41) is 2.35. The predicted molar refractivity (Wildman–Crippen MR) is 75.7 cm³/mol. The zero-order valence-electron chi connectivity index (χ0n) is 9.86. The Morgan fingerprint density at radius 3 is 2.20 bits per heavy atom. The summed E-state index contributed by atoms with van der Waals surface area (Å²) in [5.74, 6) is -0.277. The molecule has 0 bridgehead atoms. The lowest BCUT2D eigenvalue weighted by atomic mass is 10.1. The minimum absolute atomic E-state index is 0. The number of thiophene rings is 1. The highest BCUT2D eigenvalue weighted by atomic mass is 35.5. The van der Waals surface area contributed by atoms with Gasteiger partial charge < -0.3 is 10.5 Å². The molecular formula is C12H10Cl2F3NOS. The van der Waals surface area contributed by atoms with E-state index in [1.165, 1.54) is 35.6 Å². The van der Waals surface area contributed by atoms with Crippen molar-refractivity contribution in [2.24, 2.45) is 5.73 Å². The van der Waals surface area contributed by atoms with Crippen molar-refractivity contribution in [2.75, 3.05) is 0 Å². The molecule has 0 aliphatic carbocycles. The first-order valence-corrected chi connectivity index (χ1v) is 6.47. The molecule has 2 nitrogen and oxygen atoms in total. The van der Waals surface area contributed by atoms with Gasteiger partial charge in [-0.3, -0.25) is 0 Å². The van der Waals surface area contributed by atoms with Crippen molar-refractivity contribution in [3.05, 3.63) is 51.2 Å². The molecule has 0 aliphatic heterocycles. The maximum Gasteiger partial charge on any atom is 0.573 e. The molecule has 110 valence electrons. The van der Waals surface area contributed by atoms with Gasteiger partial charge >= 0.3 is 6.36 Å². The maximum atomic E-state index is 12.0. The van der Waals surface area contributed by atoms with Crippen molar-refractivity contribution in [3.63, 3.8) is 0 Å². The summed E-state index contributed by atoms with van der Waals surface area (Å²) in [4.78, 5) is 0.770. The number of halogens is 5. The molecule has 0 radical (unpaired) electrons. The molecule has 0 saturated heterocycles. The van der Waals surface area contributed by atoms with Crippen LogP contribution in [0.25, 0.3) is 0 Å². The molecule has 2 rings (SSSR count). The highest BCUT2D eigenvalue weighted by Crippen LogP contribution is 2.32. The van der Waals surface area contributed by atoms with Crippen molar-refractivity contribution >= 4 is 35.3 Å². The van der Waals surface area contributed by atoms with Gasteiger partial charge in [-0.2, -0.15) is 0 Å². The Labute approximate surface area is 128 Å². The van der Waals surface area contributed by atoms with Crippen molar-refractivity contribution in [1.29, 1.82) is 0 Å². The summed E-state index contributed by atoms with van der Waals surface area (Å²) in [5.41, 5.74) is 6.67. The average molecular weight is 344 g/mol. The van der Waals surface area contributed by atoms with E-state index in [2.05, 4.69) is 4.74 Å². The molecule has 2 aromatic rings. The molecule has 1 heterocycles. The van der Waals surface area contributed by atoms with Crippen LogP contribution in [0.1, 0.15) is 16.5 Å². The normalized spacial score (nSPS) is 12.7. The van der Waals surface area contributed by atoms with Crippen LogP contribution in [0, 0.1) is 0 Å². The third kappa shape index (κ3) is 4.28. The molecule has 0 unspecified atom stereocenters. The van der Waals surface area contributed by atoms with E-state index in [1.807, 2.05) is 0 Å². The molecule has 0 fully saturated rings. The van der Waals surface area contributed by atoms with E-state index >= 15 is 0 Å². The molecular weight excluding hydrogens is 334 g/mol. The number of alkyl halides is 3. The van der Waals surface area contributed by atoms with E-state index < -0.39 is 12.4 Å². The molecule has 1 aromatic heterocycles. The number of rotatable bonds is 3. The molecule has 1 atom stereocenters. The fourth-order valence-corrected chi connectivity index (χ4v) is 2.76. The van der Waals surface area contributed by atoms with Gasteiger partial charge in [-0.1, -0.05) is 23.7 Å². The topological polar surface area (TPSA) is 35.2 Å². The Hall–Kier alpha value is -0.950. The first kappa shape index (κ1) is 17.1. The molecule has 0 aliphatic rings. The van der Waals surface area contributed by atoms with Crippen LogP contribution in [-0.4, -0.2) is 6.36 Å². The molecule has 0 spiro atoms. The zero-order chi connectivity index (χ0) is 14.0. The average Bonchev–Trinajstić information content (AvgIpc) is 2.73. The highest BCUT2D eigenvalue weighted by Gasteiger charge is 2.31. The summed E-state index contributed by atoms with van der Waals surface area (Å²) < 4.78 is 39.8. The number of hydrogen-bond acceptors (Lipinski definition) is 3.